The van der Waals surface area contributed by atoms with Crippen LogP contribution in [0.1, 0.15) is 0 Å². The summed E-state index contributed by atoms with van der Waals surface area (Å²) >= 11 is 0. The Morgan fingerprint density at radius 2 is 0.538 bits per heavy atom. The van der Waals surface area contributed by atoms with E-state index < -0.39 is 0 Å². The van der Waals surface area contributed by atoms with E-state index in [-0.39, 0.29) is 4.70 Å². The predicted octanol–water partition coefficient (Wildman–Crippen LogP) is -3.37. The number of halogens is 1. The second-order valence-electron chi connectivity index (χ2n) is 5.37. The van der Waals surface area contributed by atoms with Gasteiger partial charge in [0.05, 0.1) is 56.4 Å². The van der Waals surface area contributed by atoms with Gasteiger partial charge >= 0.3 is 0 Å². The Labute approximate surface area is 83.1 Å². The number of quaternary nitrogens is 2. The molecule has 0 aliphatic heterocycles. The minimum absolute atomic E-state index is 0. The predicted molar refractivity (Wildman–Crippen MR) is 53.8 cm³/mol. The van der Waals surface area contributed by atoms with Crippen LogP contribution in [0.25, 0.3) is 0 Å². The molecule has 3 nitrogen and oxygen atoms in total. The van der Waals surface area contributed by atoms with E-state index in [1.165, 1.54) is 0 Å². The van der Waals surface area contributed by atoms with Gasteiger partial charge in [-0.2, -0.15) is 7.11 Å². The molecule has 0 bridgehead atoms. The van der Waals surface area contributed by atoms with Crippen LogP contribution in [0.2, 0.25) is 0 Å². The molecule has 0 radical (unpaired) electrons. The number of hydrogen-bond donors (Lipinski definition) is 0. The quantitative estimate of drug-likeness (QED) is 0.373. The third kappa shape index (κ3) is 31500. The van der Waals surface area contributed by atoms with Gasteiger partial charge in [-0.3, -0.25) is 0 Å². The van der Waals surface area contributed by atoms with Crippen LogP contribution >= 0.6 is 0 Å². The van der Waals surface area contributed by atoms with E-state index in [1.807, 2.05) is 0 Å². The summed E-state index contributed by atoms with van der Waals surface area (Å²) in [5, 5.41) is 8.25. The molecule has 0 saturated heterocycles. The Balaban J connectivity index is -0.0000000491. The van der Waals surface area contributed by atoms with E-state index in [9.17, 15) is 0 Å². The first-order valence-corrected chi connectivity index (χ1v) is 3.99. The molecule has 0 saturated carbocycles. The number of nitrogens with zero attached hydrogens (tertiary/aromatic N) is 2. The zero-order chi connectivity index (χ0) is 11.0. The summed E-state index contributed by atoms with van der Waals surface area (Å²) in [6.45, 7) is 0. The SMILES string of the molecule is C[N+](C)(C)C.C[N+](C)(C)C.C[O-].[F-]. The maximum Gasteiger partial charge on any atom is 0.0675 e. The fourth-order valence-corrected chi connectivity index (χ4v) is 0. The lowest BCUT2D eigenvalue weighted by atomic mass is 10.8. The molecule has 0 aromatic carbocycles. The van der Waals surface area contributed by atoms with Crippen LogP contribution in [0.5, 0.6) is 0 Å². The van der Waals surface area contributed by atoms with Gasteiger partial charge in [0.25, 0.3) is 0 Å². The molecule has 0 rings (SSSR count). The zero-order valence-corrected chi connectivity index (χ0v) is 10.7. The number of hydrogen-bond acceptors (Lipinski definition) is 1. The summed E-state index contributed by atoms with van der Waals surface area (Å²) < 4.78 is 2.00. The van der Waals surface area contributed by atoms with E-state index in [0.717, 1.165) is 16.1 Å². The molecule has 0 unspecified atom stereocenters. The molecular formula is C9H27FN2O. The van der Waals surface area contributed by atoms with Gasteiger partial charge in [0.15, 0.2) is 0 Å². The van der Waals surface area contributed by atoms with Crippen LogP contribution in [0.3, 0.4) is 0 Å². The molecule has 86 valence electrons. The highest BCUT2D eigenvalue weighted by atomic mass is 19.0. The lowest BCUT2D eigenvalue weighted by Gasteiger charge is -2.14. The molecular weight excluding hydrogens is 171 g/mol. The lowest BCUT2D eigenvalue weighted by molar-refractivity contribution is -0.849. The summed E-state index contributed by atoms with van der Waals surface area (Å²) in [7, 11) is 17.8. The maximum absolute atomic E-state index is 8.25. The van der Waals surface area contributed by atoms with Gasteiger partial charge in [-0.25, -0.2) is 0 Å². The third-order valence-electron chi connectivity index (χ3n) is 0. The van der Waals surface area contributed by atoms with Crippen molar-refractivity contribution in [3.05, 3.63) is 0 Å². The monoisotopic (exact) mass is 198 g/mol. The highest BCUT2D eigenvalue weighted by Gasteiger charge is 1.88. The molecule has 4 heteroatoms. The van der Waals surface area contributed by atoms with E-state index in [2.05, 4.69) is 56.4 Å². The molecule has 0 amide bonds. The molecule has 0 atom stereocenters. The van der Waals surface area contributed by atoms with E-state index in [4.69, 9.17) is 5.11 Å². The smallest absolute Gasteiger partial charge is 0.0675 e. The highest BCUT2D eigenvalue weighted by Crippen LogP contribution is 1.74. The Bertz CT molecular complexity index is 60.6. The molecule has 0 aliphatic carbocycles. The first kappa shape index (κ1) is 23.0. The van der Waals surface area contributed by atoms with Crippen LogP contribution in [0, 0.1) is 0 Å². The lowest BCUT2D eigenvalue weighted by Crippen LogP contribution is -3.00. The Morgan fingerprint density at radius 1 is 0.538 bits per heavy atom. The van der Waals surface area contributed by atoms with Crippen LogP contribution in [-0.4, -0.2) is 72.5 Å². The van der Waals surface area contributed by atoms with Crippen molar-refractivity contribution >= 4 is 0 Å². The normalized spacial score (nSPS) is 9.69. The van der Waals surface area contributed by atoms with E-state index >= 15 is 0 Å². The van der Waals surface area contributed by atoms with Gasteiger partial charge < -0.3 is 18.8 Å². The van der Waals surface area contributed by atoms with Crippen molar-refractivity contribution in [3.63, 3.8) is 0 Å². The van der Waals surface area contributed by atoms with Crippen molar-refractivity contribution in [2.75, 3.05) is 63.5 Å². The Kier molecular flexibility index (Phi) is 17.5. The zero-order valence-electron chi connectivity index (χ0n) is 10.7. The van der Waals surface area contributed by atoms with Gasteiger partial charge in [0.1, 0.15) is 0 Å². The van der Waals surface area contributed by atoms with Crippen molar-refractivity contribution in [1.82, 2.24) is 0 Å². The fourth-order valence-electron chi connectivity index (χ4n) is 0. The molecule has 13 heavy (non-hydrogen) atoms. The standard InChI is InChI=1S/2C4H12N.CH3O.FH/c2*1-5(2,3)4;1-2;/h2*1-4H3;1H3;1H/q2*+1;-1;/p-1. The molecule has 0 N–H and O–H groups in total. The van der Waals surface area contributed by atoms with Crippen molar-refractivity contribution in [1.29, 1.82) is 0 Å². The van der Waals surface area contributed by atoms with Gasteiger partial charge in [-0.15, -0.1) is 0 Å². The van der Waals surface area contributed by atoms with Gasteiger partial charge in [-0.05, 0) is 0 Å². The molecule has 0 heterocycles. The Hall–Kier alpha value is -0.190. The largest absolute Gasteiger partial charge is 1.00 e. The first-order chi connectivity index (χ1) is 5.00. The summed E-state index contributed by atoms with van der Waals surface area (Å²) in [4.78, 5) is 0. The summed E-state index contributed by atoms with van der Waals surface area (Å²) in [6, 6.07) is 0. The van der Waals surface area contributed by atoms with Gasteiger partial charge in [-0.1, -0.05) is 0 Å². The Morgan fingerprint density at radius 3 is 0.538 bits per heavy atom. The van der Waals surface area contributed by atoms with Crippen LogP contribution in [0.15, 0.2) is 0 Å². The molecule has 0 aromatic heterocycles. The van der Waals surface area contributed by atoms with E-state index in [1.54, 1.807) is 0 Å². The minimum atomic E-state index is 0. The second-order valence-corrected chi connectivity index (χ2v) is 5.37. The minimum Gasteiger partial charge on any atom is -1.00 e. The molecule has 0 fully saturated rings. The summed E-state index contributed by atoms with van der Waals surface area (Å²) in [5.41, 5.74) is 0. The summed E-state index contributed by atoms with van der Waals surface area (Å²) in [6.07, 6.45) is 0. The topological polar surface area (TPSA) is 23.1 Å². The second kappa shape index (κ2) is 9.89. The average Bonchev–Trinajstić information content (AvgIpc) is 1.59. The number of rotatable bonds is 0. The van der Waals surface area contributed by atoms with Crippen molar-refractivity contribution in [2.24, 2.45) is 0 Å². The fraction of sp³-hybridized carbons (Fsp3) is 1.00. The van der Waals surface area contributed by atoms with E-state index in [0.29, 0.717) is 0 Å². The highest BCUT2D eigenvalue weighted by molar-refractivity contribution is 3.87. The van der Waals surface area contributed by atoms with Crippen LogP contribution in [0.4, 0.5) is 0 Å². The van der Waals surface area contributed by atoms with Crippen molar-refractivity contribution < 1.29 is 18.8 Å². The van der Waals surface area contributed by atoms with Crippen molar-refractivity contribution in [3.8, 4) is 0 Å². The average molecular weight is 198 g/mol. The van der Waals surface area contributed by atoms with Crippen LogP contribution in [-0.2, 0) is 0 Å². The maximum atomic E-state index is 8.25. The molecule has 0 spiro atoms. The van der Waals surface area contributed by atoms with Gasteiger partial charge in [0.2, 0.25) is 0 Å². The third-order valence-corrected chi connectivity index (χ3v) is 0. The molecule has 0 aliphatic rings. The summed E-state index contributed by atoms with van der Waals surface area (Å²) in [5.74, 6) is 0. The van der Waals surface area contributed by atoms with Crippen LogP contribution < -0.4 is 9.81 Å². The van der Waals surface area contributed by atoms with Crippen molar-refractivity contribution in [2.45, 2.75) is 0 Å². The first-order valence-electron chi connectivity index (χ1n) is 3.99. The van der Waals surface area contributed by atoms with Gasteiger partial charge in [0, 0.05) is 0 Å². The molecule has 0 aromatic rings.